The van der Waals surface area contributed by atoms with Crippen LogP contribution in [-0.2, 0) is 23.9 Å². The summed E-state index contributed by atoms with van der Waals surface area (Å²) in [5.74, 6) is 0. The van der Waals surface area contributed by atoms with Gasteiger partial charge in [0.1, 0.15) is 0 Å². The molecule has 2 aromatic carbocycles. The first-order valence-electron chi connectivity index (χ1n) is 5.74. The summed E-state index contributed by atoms with van der Waals surface area (Å²) in [6.45, 7) is 1.78. The molecule has 112 valence electrons. The molecule has 21 heavy (non-hydrogen) atoms. The first kappa shape index (κ1) is 16.0. The second-order valence-corrected chi connectivity index (χ2v) is 7.98. The van der Waals surface area contributed by atoms with Crippen molar-refractivity contribution < 1.29 is 20.5 Å². The first-order chi connectivity index (χ1) is 9.71. The Kier molecular flexibility index (Phi) is 4.38. The zero-order valence-electron chi connectivity index (χ0n) is 10.9. The predicted octanol–water partition coefficient (Wildman–Crippen LogP) is 2.74. The van der Waals surface area contributed by atoms with Crippen molar-refractivity contribution >= 4 is 31.8 Å². The summed E-state index contributed by atoms with van der Waals surface area (Å²) in [4.78, 5) is -0.520. The molecule has 0 saturated carbocycles. The molecule has 5 nitrogen and oxygen atoms in total. The maximum Gasteiger partial charge on any atom is 0.311 e. The van der Waals surface area contributed by atoms with Crippen molar-refractivity contribution in [1.82, 2.24) is 0 Å². The number of hydrogen-bond donors (Lipinski definition) is 0. The minimum Gasteiger partial charge on any atom is -0.193 e. The largest absolute Gasteiger partial charge is 0.311 e. The van der Waals surface area contributed by atoms with E-state index < -0.39 is 20.2 Å². The highest BCUT2D eigenvalue weighted by molar-refractivity contribution is 7.99. The third-order valence-electron chi connectivity index (χ3n) is 2.59. The lowest BCUT2D eigenvalue weighted by Crippen LogP contribution is -2.14. The van der Waals surface area contributed by atoms with Crippen LogP contribution < -0.4 is 0 Å². The number of benzene rings is 2. The van der Waals surface area contributed by atoms with E-state index in [2.05, 4.69) is 3.63 Å². The van der Waals surface area contributed by atoms with E-state index in [1.54, 1.807) is 19.1 Å². The highest BCUT2D eigenvalue weighted by atomic mass is 35.5. The van der Waals surface area contributed by atoms with Crippen LogP contribution in [0.15, 0.2) is 58.3 Å². The van der Waals surface area contributed by atoms with E-state index in [-0.39, 0.29) is 9.79 Å². The van der Waals surface area contributed by atoms with Crippen LogP contribution in [0.4, 0.5) is 0 Å². The van der Waals surface area contributed by atoms with Gasteiger partial charge in [-0.1, -0.05) is 29.3 Å². The highest BCUT2D eigenvalue weighted by Crippen LogP contribution is 2.21. The van der Waals surface area contributed by atoms with E-state index in [0.717, 1.165) is 5.56 Å². The van der Waals surface area contributed by atoms with Gasteiger partial charge in [-0.3, -0.25) is 0 Å². The van der Waals surface area contributed by atoms with Gasteiger partial charge in [0.05, 0.1) is 9.79 Å². The second kappa shape index (κ2) is 5.76. The van der Waals surface area contributed by atoms with Gasteiger partial charge in [-0.15, -0.1) is 3.63 Å². The molecular weight excluding hydrogens is 336 g/mol. The van der Waals surface area contributed by atoms with E-state index in [4.69, 9.17) is 11.6 Å². The van der Waals surface area contributed by atoms with Crippen molar-refractivity contribution in [2.45, 2.75) is 16.7 Å². The predicted molar refractivity (Wildman–Crippen MR) is 78.1 cm³/mol. The molecule has 0 heterocycles. The van der Waals surface area contributed by atoms with Gasteiger partial charge in [0.25, 0.3) is 0 Å². The van der Waals surface area contributed by atoms with Crippen LogP contribution in [0.1, 0.15) is 5.56 Å². The fourth-order valence-electron chi connectivity index (χ4n) is 1.50. The maximum atomic E-state index is 12.0. The Balaban J connectivity index is 2.35. The summed E-state index contributed by atoms with van der Waals surface area (Å²) in [7, 11) is -8.85. The quantitative estimate of drug-likeness (QED) is 0.850. The molecule has 2 aromatic rings. The Morgan fingerprint density at radius 3 is 1.57 bits per heavy atom. The molecule has 0 aliphatic rings. The fourth-order valence-corrected chi connectivity index (χ4v) is 4.14. The SMILES string of the molecule is Cc1ccc(S(=O)(=O)OS(=O)(=O)c2ccc(Cl)cc2)cc1. The Morgan fingerprint density at radius 1 is 0.762 bits per heavy atom. The molecule has 2 rings (SSSR count). The molecule has 0 spiro atoms. The number of aryl methyl sites for hydroxylation is 1. The van der Waals surface area contributed by atoms with Gasteiger partial charge in [-0.25, -0.2) is 0 Å². The van der Waals surface area contributed by atoms with Gasteiger partial charge in [-0.2, -0.15) is 16.8 Å². The van der Waals surface area contributed by atoms with E-state index in [1.807, 2.05) is 0 Å². The molecule has 0 unspecified atom stereocenters. The monoisotopic (exact) mass is 346 g/mol. The maximum absolute atomic E-state index is 12.0. The number of hydrogen-bond acceptors (Lipinski definition) is 5. The zero-order chi connectivity index (χ0) is 15.7. The molecular formula is C13H11ClO5S2. The van der Waals surface area contributed by atoms with Crippen molar-refractivity contribution in [2.24, 2.45) is 0 Å². The normalized spacial score (nSPS) is 12.3. The van der Waals surface area contributed by atoms with Crippen LogP contribution in [0, 0.1) is 6.92 Å². The van der Waals surface area contributed by atoms with Crippen molar-refractivity contribution in [2.75, 3.05) is 0 Å². The van der Waals surface area contributed by atoms with Crippen LogP contribution >= 0.6 is 11.6 Å². The van der Waals surface area contributed by atoms with Crippen LogP contribution in [-0.4, -0.2) is 16.8 Å². The molecule has 0 fully saturated rings. The van der Waals surface area contributed by atoms with Crippen LogP contribution in [0.5, 0.6) is 0 Å². The Morgan fingerprint density at radius 2 is 1.14 bits per heavy atom. The van der Waals surface area contributed by atoms with Gasteiger partial charge in [0.2, 0.25) is 0 Å². The molecule has 0 aromatic heterocycles. The topological polar surface area (TPSA) is 77.5 Å². The second-order valence-electron chi connectivity index (χ2n) is 4.24. The van der Waals surface area contributed by atoms with E-state index in [1.165, 1.54) is 36.4 Å². The van der Waals surface area contributed by atoms with Crippen LogP contribution in [0.3, 0.4) is 0 Å². The van der Waals surface area contributed by atoms with E-state index in [9.17, 15) is 16.8 Å². The van der Waals surface area contributed by atoms with Gasteiger partial charge < -0.3 is 0 Å². The van der Waals surface area contributed by atoms with Crippen molar-refractivity contribution in [3.05, 3.63) is 59.1 Å². The Hall–Kier alpha value is -1.41. The molecule has 0 saturated heterocycles. The summed E-state index contributed by atoms with van der Waals surface area (Å²) >= 11 is 5.65. The number of halogens is 1. The molecule has 0 N–H and O–H groups in total. The van der Waals surface area contributed by atoms with Crippen molar-refractivity contribution in [1.29, 1.82) is 0 Å². The lowest BCUT2D eigenvalue weighted by atomic mass is 10.2. The van der Waals surface area contributed by atoms with Gasteiger partial charge in [0, 0.05) is 5.02 Å². The average molecular weight is 347 g/mol. The molecule has 0 aliphatic heterocycles. The van der Waals surface area contributed by atoms with Crippen LogP contribution in [0.2, 0.25) is 5.02 Å². The smallest absolute Gasteiger partial charge is 0.193 e. The molecule has 0 aliphatic carbocycles. The summed E-state index contributed by atoms with van der Waals surface area (Å²) in [5.41, 5.74) is 0.842. The van der Waals surface area contributed by atoms with Gasteiger partial charge in [-0.05, 0) is 43.3 Å². The summed E-state index contributed by atoms with van der Waals surface area (Å²) in [6, 6.07) is 10.7. The summed E-state index contributed by atoms with van der Waals surface area (Å²) < 4.78 is 52.2. The minimum atomic E-state index is -4.44. The fraction of sp³-hybridized carbons (Fsp3) is 0.0769. The first-order valence-corrected chi connectivity index (χ1v) is 8.93. The zero-order valence-corrected chi connectivity index (χ0v) is 13.2. The van der Waals surface area contributed by atoms with Gasteiger partial charge in [0.15, 0.2) is 0 Å². The van der Waals surface area contributed by atoms with Crippen molar-refractivity contribution in [3.8, 4) is 0 Å². The highest BCUT2D eigenvalue weighted by Gasteiger charge is 2.26. The Bertz CT molecular complexity index is 765. The van der Waals surface area contributed by atoms with Gasteiger partial charge >= 0.3 is 20.2 Å². The van der Waals surface area contributed by atoms with E-state index in [0.29, 0.717) is 5.02 Å². The molecule has 0 radical (unpaired) electrons. The molecule has 0 bridgehead atoms. The number of rotatable bonds is 4. The average Bonchev–Trinajstić information content (AvgIpc) is 2.38. The molecule has 0 amide bonds. The van der Waals surface area contributed by atoms with Crippen molar-refractivity contribution in [3.63, 3.8) is 0 Å². The van der Waals surface area contributed by atoms with Crippen LogP contribution in [0.25, 0.3) is 0 Å². The lowest BCUT2D eigenvalue weighted by Gasteiger charge is -2.06. The molecule has 8 heteroatoms. The Labute approximate surface area is 128 Å². The lowest BCUT2D eigenvalue weighted by molar-refractivity contribution is 0.462. The minimum absolute atomic E-state index is 0.231. The standard InChI is InChI=1S/C13H11ClO5S2/c1-10-2-6-12(7-3-10)20(15,16)19-21(17,18)13-8-4-11(14)5-9-13/h2-9H,1H3. The summed E-state index contributed by atoms with van der Waals surface area (Å²) in [5, 5.41) is 0.329. The molecule has 0 atom stereocenters. The third kappa shape index (κ3) is 3.82. The van der Waals surface area contributed by atoms with E-state index >= 15 is 0 Å². The summed E-state index contributed by atoms with van der Waals surface area (Å²) in [6.07, 6.45) is 0. The third-order valence-corrected chi connectivity index (χ3v) is 5.98.